The summed E-state index contributed by atoms with van der Waals surface area (Å²) in [6, 6.07) is 11.2. The molecule has 9 nitrogen and oxygen atoms in total. The number of pyridine rings is 2. The minimum absolute atomic E-state index is 0.00819. The highest BCUT2D eigenvalue weighted by atomic mass is 16.5. The van der Waals surface area contributed by atoms with Crippen molar-refractivity contribution in [3.05, 3.63) is 64.1 Å². The molecule has 1 aliphatic heterocycles. The van der Waals surface area contributed by atoms with Crippen LogP contribution in [0.2, 0.25) is 0 Å². The number of ether oxygens (including phenoxy) is 1. The molecule has 4 aromatic rings. The van der Waals surface area contributed by atoms with Gasteiger partial charge in [0.05, 0.1) is 11.5 Å². The molecule has 34 heavy (non-hydrogen) atoms. The second-order valence-corrected chi connectivity index (χ2v) is 8.50. The van der Waals surface area contributed by atoms with Crippen molar-refractivity contribution in [2.24, 2.45) is 0 Å². The first-order chi connectivity index (χ1) is 16.5. The maximum Gasteiger partial charge on any atom is 0.263 e. The lowest BCUT2D eigenvalue weighted by Crippen LogP contribution is -2.34. The third-order valence-corrected chi connectivity index (χ3v) is 5.97. The number of aryl methyl sites for hydroxylation is 2. The number of carbonyl (C=O) groups excluding carboxylic acids is 1. The van der Waals surface area contributed by atoms with Gasteiger partial charge in [0.15, 0.2) is 0 Å². The van der Waals surface area contributed by atoms with Gasteiger partial charge in [-0.05, 0) is 44.4 Å². The standard InChI is InChI=1S/C25H25N5O4/c1-15-6-3-4-8-18(15)23-28-25(34-29-23)20-13-30(14-21(31)26-12-17-7-5-11-33-17)24-19(22(20)32)10-9-16(2)27-24/h3-4,6,8-10,13,17H,5,7,11-12,14H2,1-2H3,(H,26,31)/t17-/m1/s1. The van der Waals surface area contributed by atoms with Gasteiger partial charge < -0.3 is 19.1 Å². The number of rotatable bonds is 6. The quantitative estimate of drug-likeness (QED) is 0.472. The Bertz CT molecular complexity index is 1420. The molecule has 3 aromatic heterocycles. The molecule has 0 radical (unpaired) electrons. The Balaban J connectivity index is 1.51. The molecule has 1 aliphatic rings. The zero-order valence-electron chi connectivity index (χ0n) is 19.1. The largest absolute Gasteiger partial charge is 0.376 e. The first kappa shape index (κ1) is 22.0. The molecule has 1 saturated heterocycles. The van der Waals surface area contributed by atoms with E-state index in [1.807, 2.05) is 38.1 Å². The molecule has 1 aromatic carbocycles. The molecular formula is C25H25N5O4. The number of hydrogen-bond acceptors (Lipinski definition) is 7. The molecule has 4 heterocycles. The fourth-order valence-corrected chi connectivity index (χ4v) is 4.14. The van der Waals surface area contributed by atoms with Crippen LogP contribution in [-0.2, 0) is 16.1 Å². The molecular weight excluding hydrogens is 434 g/mol. The van der Waals surface area contributed by atoms with Crippen molar-refractivity contribution in [1.29, 1.82) is 0 Å². The second-order valence-electron chi connectivity index (χ2n) is 8.50. The van der Waals surface area contributed by atoms with Crippen molar-refractivity contribution in [2.75, 3.05) is 13.2 Å². The van der Waals surface area contributed by atoms with E-state index >= 15 is 0 Å². The monoisotopic (exact) mass is 459 g/mol. The van der Waals surface area contributed by atoms with Crippen LogP contribution in [0.5, 0.6) is 0 Å². The first-order valence-electron chi connectivity index (χ1n) is 11.3. The van der Waals surface area contributed by atoms with Gasteiger partial charge >= 0.3 is 0 Å². The highest BCUT2D eigenvalue weighted by molar-refractivity contribution is 5.83. The summed E-state index contributed by atoms with van der Waals surface area (Å²) in [7, 11) is 0. The maximum absolute atomic E-state index is 13.3. The molecule has 1 N–H and O–H groups in total. The average Bonchev–Trinajstić information content (AvgIpc) is 3.52. The summed E-state index contributed by atoms with van der Waals surface area (Å²) in [5, 5.41) is 7.38. The van der Waals surface area contributed by atoms with Gasteiger partial charge in [-0.2, -0.15) is 4.98 Å². The summed E-state index contributed by atoms with van der Waals surface area (Å²) in [6.07, 6.45) is 3.56. The molecule has 0 saturated carbocycles. The van der Waals surface area contributed by atoms with Crippen LogP contribution in [0.15, 0.2) is 51.9 Å². The Morgan fingerprint density at radius 3 is 2.79 bits per heavy atom. The molecule has 1 atom stereocenters. The molecule has 1 amide bonds. The Morgan fingerprint density at radius 2 is 2.00 bits per heavy atom. The minimum Gasteiger partial charge on any atom is -0.376 e. The smallest absolute Gasteiger partial charge is 0.263 e. The second kappa shape index (κ2) is 9.18. The zero-order chi connectivity index (χ0) is 23.7. The van der Waals surface area contributed by atoms with Crippen LogP contribution < -0.4 is 10.7 Å². The van der Waals surface area contributed by atoms with E-state index in [9.17, 15) is 9.59 Å². The van der Waals surface area contributed by atoms with Crippen molar-refractivity contribution < 1.29 is 14.1 Å². The van der Waals surface area contributed by atoms with E-state index in [1.54, 1.807) is 22.9 Å². The van der Waals surface area contributed by atoms with Crippen molar-refractivity contribution >= 4 is 16.9 Å². The lowest BCUT2D eigenvalue weighted by atomic mass is 10.1. The Kier molecular flexibility index (Phi) is 5.93. The van der Waals surface area contributed by atoms with E-state index in [1.165, 1.54) is 0 Å². The third-order valence-electron chi connectivity index (χ3n) is 5.97. The van der Waals surface area contributed by atoms with Crippen LogP contribution in [0.1, 0.15) is 24.1 Å². The zero-order valence-corrected chi connectivity index (χ0v) is 19.1. The first-order valence-corrected chi connectivity index (χ1v) is 11.3. The number of nitrogens with zero attached hydrogens (tertiary/aromatic N) is 4. The topological polar surface area (TPSA) is 112 Å². The maximum atomic E-state index is 13.3. The summed E-state index contributed by atoms with van der Waals surface area (Å²) in [5.41, 5.74) is 2.93. The Hall–Kier alpha value is -3.85. The van der Waals surface area contributed by atoms with Gasteiger partial charge in [0, 0.05) is 30.6 Å². The normalized spacial score (nSPS) is 15.6. The van der Waals surface area contributed by atoms with Crippen molar-refractivity contribution in [2.45, 2.75) is 39.3 Å². The van der Waals surface area contributed by atoms with Gasteiger partial charge in [-0.1, -0.05) is 29.4 Å². The fraction of sp³-hybridized carbons (Fsp3) is 0.320. The summed E-state index contributed by atoms with van der Waals surface area (Å²) in [5.74, 6) is 0.301. The van der Waals surface area contributed by atoms with Crippen molar-refractivity contribution in [3.63, 3.8) is 0 Å². The number of aromatic nitrogens is 4. The lowest BCUT2D eigenvalue weighted by molar-refractivity contribution is -0.122. The van der Waals surface area contributed by atoms with Gasteiger partial charge in [-0.15, -0.1) is 0 Å². The Labute approximate surface area is 195 Å². The number of nitrogens with one attached hydrogen (secondary N) is 1. The van der Waals surface area contributed by atoms with Crippen LogP contribution in [0, 0.1) is 13.8 Å². The average molecular weight is 460 g/mol. The summed E-state index contributed by atoms with van der Waals surface area (Å²) in [6.45, 7) is 4.97. The highest BCUT2D eigenvalue weighted by Gasteiger charge is 2.20. The predicted octanol–water partition coefficient (Wildman–Crippen LogP) is 3.03. The molecule has 1 fully saturated rings. The molecule has 174 valence electrons. The number of fused-ring (bicyclic) bond motifs is 1. The van der Waals surface area contributed by atoms with Crippen LogP contribution in [0.4, 0.5) is 0 Å². The van der Waals surface area contributed by atoms with E-state index in [0.717, 1.165) is 36.3 Å². The number of benzene rings is 1. The van der Waals surface area contributed by atoms with E-state index in [0.29, 0.717) is 23.4 Å². The Morgan fingerprint density at radius 1 is 1.15 bits per heavy atom. The summed E-state index contributed by atoms with van der Waals surface area (Å²) >= 11 is 0. The minimum atomic E-state index is -0.279. The van der Waals surface area contributed by atoms with Crippen LogP contribution in [0.25, 0.3) is 33.9 Å². The van der Waals surface area contributed by atoms with Crippen LogP contribution >= 0.6 is 0 Å². The SMILES string of the molecule is Cc1ccc2c(=O)c(-c3nc(-c4ccccc4C)no3)cn(CC(=O)NC[C@H]3CCCO3)c2n1. The van der Waals surface area contributed by atoms with Gasteiger partial charge in [0.2, 0.25) is 17.2 Å². The fourth-order valence-electron chi connectivity index (χ4n) is 4.14. The number of amides is 1. The highest BCUT2D eigenvalue weighted by Crippen LogP contribution is 2.24. The number of hydrogen-bond donors (Lipinski definition) is 1. The predicted molar refractivity (Wildman–Crippen MR) is 126 cm³/mol. The molecule has 0 unspecified atom stereocenters. The third kappa shape index (κ3) is 4.34. The van der Waals surface area contributed by atoms with E-state index in [-0.39, 0.29) is 35.4 Å². The van der Waals surface area contributed by atoms with E-state index < -0.39 is 0 Å². The van der Waals surface area contributed by atoms with Gasteiger partial charge in [-0.25, -0.2) is 4.98 Å². The van der Waals surface area contributed by atoms with E-state index in [4.69, 9.17) is 9.26 Å². The van der Waals surface area contributed by atoms with E-state index in [2.05, 4.69) is 20.4 Å². The summed E-state index contributed by atoms with van der Waals surface area (Å²) < 4.78 is 12.7. The van der Waals surface area contributed by atoms with Crippen molar-refractivity contribution in [1.82, 2.24) is 25.0 Å². The van der Waals surface area contributed by atoms with Crippen LogP contribution in [-0.4, -0.2) is 44.9 Å². The molecule has 9 heteroatoms. The van der Waals surface area contributed by atoms with Gasteiger partial charge in [-0.3, -0.25) is 9.59 Å². The van der Waals surface area contributed by atoms with Gasteiger partial charge in [0.1, 0.15) is 17.8 Å². The lowest BCUT2D eigenvalue weighted by Gasteiger charge is -2.14. The van der Waals surface area contributed by atoms with Gasteiger partial charge in [0.25, 0.3) is 5.89 Å². The van der Waals surface area contributed by atoms with Crippen LogP contribution in [0.3, 0.4) is 0 Å². The molecule has 5 rings (SSSR count). The summed E-state index contributed by atoms with van der Waals surface area (Å²) in [4.78, 5) is 35.0. The van der Waals surface area contributed by atoms with Crippen molar-refractivity contribution in [3.8, 4) is 22.8 Å². The molecule has 0 spiro atoms. The molecule has 0 aliphatic carbocycles. The molecule has 0 bridgehead atoms. The number of carbonyl (C=O) groups is 1.